The summed E-state index contributed by atoms with van der Waals surface area (Å²) in [5, 5.41) is 3.28. The Morgan fingerprint density at radius 1 is 1.45 bits per heavy atom. The highest BCUT2D eigenvalue weighted by Crippen LogP contribution is 2.16. The van der Waals surface area contributed by atoms with Crippen molar-refractivity contribution in [2.45, 2.75) is 13.8 Å². The molecule has 1 heterocycles. The van der Waals surface area contributed by atoms with Crippen molar-refractivity contribution in [2.24, 2.45) is 10.4 Å². The quantitative estimate of drug-likeness (QED) is 0.552. The van der Waals surface area contributed by atoms with Gasteiger partial charge >= 0.3 is 0 Å². The van der Waals surface area contributed by atoms with Gasteiger partial charge in [0, 0.05) is 32.6 Å². The van der Waals surface area contributed by atoms with Crippen molar-refractivity contribution in [1.82, 2.24) is 10.2 Å². The first kappa shape index (κ1) is 8.37. The highest BCUT2D eigenvalue weighted by Gasteiger charge is 2.22. The Hall–Kier alpha value is -0.730. The predicted molar refractivity (Wildman–Crippen MR) is 47.8 cm³/mol. The van der Waals surface area contributed by atoms with Gasteiger partial charge in [0.05, 0.1) is 0 Å². The zero-order valence-corrected chi connectivity index (χ0v) is 7.81. The average molecular weight is 155 g/mol. The summed E-state index contributed by atoms with van der Waals surface area (Å²) >= 11 is 0. The van der Waals surface area contributed by atoms with E-state index >= 15 is 0 Å². The van der Waals surface area contributed by atoms with Crippen LogP contribution in [0.1, 0.15) is 13.8 Å². The van der Waals surface area contributed by atoms with Crippen molar-refractivity contribution in [3.8, 4) is 0 Å². The third-order valence-corrected chi connectivity index (χ3v) is 1.81. The molecule has 0 fully saturated rings. The first-order chi connectivity index (χ1) is 5.01. The Bertz CT molecular complexity index is 170. The van der Waals surface area contributed by atoms with E-state index in [4.69, 9.17) is 0 Å². The van der Waals surface area contributed by atoms with E-state index < -0.39 is 0 Å². The van der Waals surface area contributed by atoms with E-state index in [0.717, 1.165) is 19.0 Å². The van der Waals surface area contributed by atoms with E-state index in [-0.39, 0.29) is 0 Å². The molecule has 0 atom stereocenters. The molecule has 1 aliphatic heterocycles. The van der Waals surface area contributed by atoms with Gasteiger partial charge in [0.2, 0.25) is 0 Å². The van der Waals surface area contributed by atoms with Crippen LogP contribution in [0.4, 0.5) is 0 Å². The Morgan fingerprint density at radius 3 is 2.45 bits per heavy atom. The van der Waals surface area contributed by atoms with Crippen LogP contribution in [0, 0.1) is 5.41 Å². The van der Waals surface area contributed by atoms with Crippen LogP contribution in [0.3, 0.4) is 0 Å². The SMILES string of the molecule is CN(C)C1=NCC(C)(C)CN1. The maximum atomic E-state index is 4.41. The number of rotatable bonds is 0. The topological polar surface area (TPSA) is 27.6 Å². The Morgan fingerprint density at radius 2 is 2.09 bits per heavy atom. The van der Waals surface area contributed by atoms with E-state index in [1.54, 1.807) is 0 Å². The Balaban J connectivity index is 2.58. The Kier molecular flexibility index (Phi) is 2.07. The van der Waals surface area contributed by atoms with Crippen molar-refractivity contribution in [1.29, 1.82) is 0 Å². The molecule has 1 rings (SSSR count). The summed E-state index contributed by atoms with van der Waals surface area (Å²) in [6.45, 7) is 6.38. The molecule has 11 heavy (non-hydrogen) atoms. The third kappa shape index (κ3) is 2.10. The van der Waals surface area contributed by atoms with Crippen LogP contribution in [0.15, 0.2) is 4.99 Å². The molecule has 0 amide bonds. The highest BCUT2D eigenvalue weighted by molar-refractivity contribution is 5.80. The molecule has 0 saturated heterocycles. The van der Waals surface area contributed by atoms with Gasteiger partial charge in [0.15, 0.2) is 5.96 Å². The highest BCUT2D eigenvalue weighted by atomic mass is 15.3. The van der Waals surface area contributed by atoms with Gasteiger partial charge < -0.3 is 10.2 Å². The molecule has 0 unspecified atom stereocenters. The smallest absolute Gasteiger partial charge is 0.193 e. The number of nitrogens with zero attached hydrogens (tertiary/aromatic N) is 2. The first-order valence-corrected chi connectivity index (χ1v) is 3.97. The van der Waals surface area contributed by atoms with Gasteiger partial charge in [0.1, 0.15) is 0 Å². The molecule has 3 nitrogen and oxygen atoms in total. The molecule has 64 valence electrons. The summed E-state index contributed by atoms with van der Waals surface area (Å²) < 4.78 is 0. The van der Waals surface area contributed by atoms with Gasteiger partial charge in [-0.1, -0.05) is 13.8 Å². The molecule has 1 N–H and O–H groups in total. The van der Waals surface area contributed by atoms with Gasteiger partial charge in [-0.05, 0) is 0 Å². The summed E-state index contributed by atoms with van der Waals surface area (Å²) in [6.07, 6.45) is 0. The molecule has 1 aliphatic rings. The summed E-state index contributed by atoms with van der Waals surface area (Å²) in [4.78, 5) is 6.42. The van der Waals surface area contributed by atoms with Crippen molar-refractivity contribution in [3.63, 3.8) is 0 Å². The molecule has 3 heteroatoms. The first-order valence-electron chi connectivity index (χ1n) is 3.97. The molecule has 0 aromatic heterocycles. The van der Waals surface area contributed by atoms with Crippen LogP contribution in [0.5, 0.6) is 0 Å². The van der Waals surface area contributed by atoms with Crippen LogP contribution in [-0.4, -0.2) is 38.0 Å². The number of hydrogen-bond acceptors (Lipinski definition) is 3. The lowest BCUT2D eigenvalue weighted by Crippen LogP contribution is -2.46. The van der Waals surface area contributed by atoms with Crippen molar-refractivity contribution >= 4 is 5.96 Å². The maximum absolute atomic E-state index is 4.41. The van der Waals surface area contributed by atoms with Crippen LogP contribution >= 0.6 is 0 Å². The number of hydrogen-bond donors (Lipinski definition) is 1. The number of nitrogens with one attached hydrogen (secondary N) is 1. The minimum Gasteiger partial charge on any atom is -0.356 e. The standard InChI is InChI=1S/C8H17N3/c1-8(2)5-9-7(10-6-8)11(3)4/h5-6H2,1-4H3,(H,9,10). The van der Waals surface area contributed by atoms with Crippen molar-refractivity contribution in [3.05, 3.63) is 0 Å². The van der Waals surface area contributed by atoms with Gasteiger partial charge in [-0.15, -0.1) is 0 Å². The van der Waals surface area contributed by atoms with Gasteiger partial charge in [-0.2, -0.15) is 0 Å². The van der Waals surface area contributed by atoms with Crippen molar-refractivity contribution < 1.29 is 0 Å². The molecular formula is C8H17N3. The zero-order valence-electron chi connectivity index (χ0n) is 7.81. The minimum absolute atomic E-state index is 0.319. The summed E-state index contributed by atoms with van der Waals surface area (Å²) in [6, 6.07) is 0. The maximum Gasteiger partial charge on any atom is 0.193 e. The molecule has 0 aliphatic carbocycles. The second-order valence-corrected chi connectivity index (χ2v) is 4.05. The summed E-state index contributed by atoms with van der Waals surface area (Å²) in [5.41, 5.74) is 0.319. The molecule has 0 spiro atoms. The van der Waals surface area contributed by atoms with E-state index in [9.17, 15) is 0 Å². The van der Waals surface area contributed by atoms with Crippen LogP contribution in [0.2, 0.25) is 0 Å². The van der Waals surface area contributed by atoms with E-state index in [0.29, 0.717) is 5.41 Å². The molecule has 0 aromatic rings. The van der Waals surface area contributed by atoms with Gasteiger partial charge in [-0.25, -0.2) is 0 Å². The second-order valence-electron chi connectivity index (χ2n) is 4.05. The molecule has 0 radical (unpaired) electrons. The molecule has 0 aromatic carbocycles. The van der Waals surface area contributed by atoms with Crippen LogP contribution in [-0.2, 0) is 0 Å². The number of guanidine groups is 1. The predicted octanol–water partition coefficient (Wildman–Crippen LogP) is 0.533. The molecule has 0 bridgehead atoms. The van der Waals surface area contributed by atoms with E-state index in [2.05, 4.69) is 24.2 Å². The normalized spacial score (nSPS) is 22.0. The average Bonchev–Trinajstić information content (AvgIpc) is 1.86. The molecular weight excluding hydrogens is 138 g/mol. The zero-order chi connectivity index (χ0) is 8.48. The monoisotopic (exact) mass is 155 g/mol. The third-order valence-electron chi connectivity index (χ3n) is 1.81. The van der Waals surface area contributed by atoms with E-state index in [1.807, 2.05) is 19.0 Å². The second kappa shape index (κ2) is 2.72. The summed E-state index contributed by atoms with van der Waals surface area (Å²) in [5.74, 6) is 1.00. The lowest BCUT2D eigenvalue weighted by Gasteiger charge is -2.31. The van der Waals surface area contributed by atoms with Crippen LogP contribution in [0.25, 0.3) is 0 Å². The fraction of sp³-hybridized carbons (Fsp3) is 0.875. The number of aliphatic imine (C=N–C) groups is 1. The van der Waals surface area contributed by atoms with E-state index in [1.165, 1.54) is 0 Å². The molecule has 0 saturated carbocycles. The minimum atomic E-state index is 0.319. The van der Waals surface area contributed by atoms with Crippen molar-refractivity contribution in [2.75, 3.05) is 27.2 Å². The lowest BCUT2D eigenvalue weighted by molar-refractivity contribution is 0.347. The Labute approximate surface area is 68.5 Å². The fourth-order valence-electron chi connectivity index (χ4n) is 1.02. The van der Waals surface area contributed by atoms with Gasteiger partial charge in [-0.3, -0.25) is 4.99 Å². The largest absolute Gasteiger partial charge is 0.356 e. The summed E-state index contributed by atoms with van der Waals surface area (Å²) in [7, 11) is 4.01. The lowest BCUT2D eigenvalue weighted by atomic mass is 9.93. The van der Waals surface area contributed by atoms with Gasteiger partial charge in [0.25, 0.3) is 0 Å². The van der Waals surface area contributed by atoms with Crippen LogP contribution < -0.4 is 5.32 Å². The fourth-order valence-corrected chi connectivity index (χ4v) is 1.02.